The summed E-state index contributed by atoms with van der Waals surface area (Å²) in [5, 5.41) is 0.909. The third kappa shape index (κ3) is 3.97. The lowest BCUT2D eigenvalue weighted by Crippen LogP contribution is -2.36. The summed E-state index contributed by atoms with van der Waals surface area (Å²) in [4.78, 5) is 20.3. The molecule has 1 atom stereocenters. The smallest absolute Gasteiger partial charge is 0.273 e. The Hall–Kier alpha value is -2.46. The van der Waals surface area contributed by atoms with Crippen molar-refractivity contribution in [3.05, 3.63) is 76.9 Å². The lowest BCUT2D eigenvalue weighted by molar-refractivity contribution is 0.0739. The van der Waals surface area contributed by atoms with Gasteiger partial charge in [0.05, 0.1) is 9.88 Å². The van der Waals surface area contributed by atoms with Crippen molar-refractivity contribution < 1.29 is 4.79 Å². The van der Waals surface area contributed by atoms with E-state index in [2.05, 4.69) is 24.0 Å². The van der Waals surface area contributed by atoms with Gasteiger partial charge in [-0.2, -0.15) is 0 Å². The summed E-state index contributed by atoms with van der Waals surface area (Å²) in [5.74, 6) is -0.0216. The molecule has 25 heavy (non-hydrogen) atoms. The monoisotopic (exact) mass is 350 g/mol. The molecule has 0 radical (unpaired) electrons. The third-order valence-electron chi connectivity index (χ3n) is 4.33. The second-order valence-electron chi connectivity index (χ2n) is 6.23. The number of carbonyl (C=O) groups is 1. The number of aryl methyl sites for hydroxylation is 1. The zero-order valence-electron chi connectivity index (χ0n) is 14.8. The lowest BCUT2D eigenvalue weighted by Gasteiger charge is -2.25. The van der Waals surface area contributed by atoms with Gasteiger partial charge in [-0.15, -0.1) is 11.3 Å². The molecule has 128 valence electrons. The van der Waals surface area contributed by atoms with E-state index >= 15 is 0 Å². The maximum Gasteiger partial charge on any atom is 0.273 e. The minimum Gasteiger partial charge on any atom is -0.337 e. The fourth-order valence-corrected chi connectivity index (χ4v) is 3.73. The summed E-state index contributed by atoms with van der Waals surface area (Å²) in [6, 6.07) is 20.4. The van der Waals surface area contributed by atoms with Crippen LogP contribution in [0.5, 0.6) is 0 Å². The predicted molar refractivity (Wildman–Crippen MR) is 104 cm³/mol. The molecule has 3 rings (SSSR count). The predicted octanol–water partition coefficient (Wildman–Crippen LogP) is 4.82. The van der Waals surface area contributed by atoms with Gasteiger partial charge in [0, 0.05) is 13.1 Å². The van der Waals surface area contributed by atoms with Gasteiger partial charge < -0.3 is 4.90 Å². The second kappa shape index (κ2) is 7.62. The molecule has 4 heteroatoms. The van der Waals surface area contributed by atoms with Crippen LogP contribution < -0.4 is 0 Å². The van der Waals surface area contributed by atoms with Crippen LogP contribution in [0.4, 0.5) is 0 Å². The highest BCUT2D eigenvalue weighted by Gasteiger charge is 2.24. The Morgan fingerprint density at radius 2 is 1.68 bits per heavy atom. The first-order valence-corrected chi connectivity index (χ1v) is 9.22. The van der Waals surface area contributed by atoms with Gasteiger partial charge in [0.25, 0.3) is 5.91 Å². The third-order valence-corrected chi connectivity index (χ3v) is 5.35. The van der Waals surface area contributed by atoms with Crippen molar-refractivity contribution in [2.75, 3.05) is 7.05 Å². The number of carbonyl (C=O) groups excluding carboxylic acids is 1. The quantitative estimate of drug-likeness (QED) is 0.661. The molecule has 0 bridgehead atoms. The van der Waals surface area contributed by atoms with E-state index in [9.17, 15) is 4.79 Å². The van der Waals surface area contributed by atoms with Crippen LogP contribution in [0.2, 0.25) is 0 Å². The number of hydrogen-bond donors (Lipinski definition) is 0. The summed E-state index contributed by atoms with van der Waals surface area (Å²) in [5.41, 5.74) is 2.82. The normalized spacial score (nSPS) is 12.0. The average molecular weight is 350 g/mol. The topological polar surface area (TPSA) is 33.2 Å². The zero-order chi connectivity index (χ0) is 17.8. The highest BCUT2D eigenvalue weighted by molar-refractivity contribution is 7.15. The molecule has 1 amide bonds. The Bertz CT molecular complexity index is 843. The van der Waals surface area contributed by atoms with Crippen LogP contribution >= 0.6 is 11.3 Å². The Morgan fingerprint density at radius 3 is 2.32 bits per heavy atom. The average Bonchev–Trinajstić information content (AvgIpc) is 3.04. The highest BCUT2D eigenvalue weighted by atomic mass is 32.1. The fraction of sp³-hybridized carbons (Fsp3) is 0.238. The van der Waals surface area contributed by atoms with Gasteiger partial charge in [0.2, 0.25) is 0 Å². The van der Waals surface area contributed by atoms with Crippen LogP contribution in [0.25, 0.3) is 10.4 Å². The van der Waals surface area contributed by atoms with Crippen LogP contribution in [0.3, 0.4) is 0 Å². The van der Waals surface area contributed by atoms with Gasteiger partial charge in [0.15, 0.2) is 0 Å². The largest absolute Gasteiger partial charge is 0.337 e. The molecule has 0 fully saturated rings. The van der Waals surface area contributed by atoms with Crippen molar-refractivity contribution in [2.45, 2.75) is 26.3 Å². The van der Waals surface area contributed by atoms with Crippen LogP contribution in [0.1, 0.15) is 28.0 Å². The summed E-state index contributed by atoms with van der Waals surface area (Å²) in [6.07, 6.45) is 0.826. The van der Waals surface area contributed by atoms with Crippen molar-refractivity contribution in [3.63, 3.8) is 0 Å². The number of rotatable bonds is 5. The molecule has 0 unspecified atom stereocenters. The molecule has 0 saturated heterocycles. The second-order valence-corrected chi connectivity index (χ2v) is 7.43. The summed E-state index contributed by atoms with van der Waals surface area (Å²) >= 11 is 1.57. The lowest BCUT2D eigenvalue weighted by atomic mass is 10.1. The number of nitrogens with zero attached hydrogens (tertiary/aromatic N) is 2. The van der Waals surface area contributed by atoms with Gasteiger partial charge in [-0.1, -0.05) is 60.7 Å². The molecule has 0 N–H and O–H groups in total. The van der Waals surface area contributed by atoms with Crippen LogP contribution in [0.15, 0.2) is 60.7 Å². The Balaban J connectivity index is 1.83. The van der Waals surface area contributed by atoms with Crippen molar-refractivity contribution in [2.24, 2.45) is 0 Å². The van der Waals surface area contributed by atoms with E-state index in [4.69, 9.17) is 0 Å². The first kappa shape index (κ1) is 17.4. The maximum absolute atomic E-state index is 13.1. The number of likely N-dealkylation sites (N-methyl/N-ethyl adjacent to an activating group) is 1. The van der Waals surface area contributed by atoms with E-state index < -0.39 is 0 Å². The summed E-state index contributed by atoms with van der Waals surface area (Å²) < 4.78 is 0. The molecule has 2 aromatic carbocycles. The van der Waals surface area contributed by atoms with Gasteiger partial charge in [0.1, 0.15) is 5.69 Å². The molecule has 1 heterocycles. The number of aromatic nitrogens is 1. The van der Waals surface area contributed by atoms with E-state index in [1.54, 1.807) is 16.2 Å². The first-order valence-electron chi connectivity index (χ1n) is 8.40. The van der Waals surface area contributed by atoms with Gasteiger partial charge in [-0.3, -0.25) is 4.79 Å². The molecule has 3 nitrogen and oxygen atoms in total. The van der Waals surface area contributed by atoms with Gasteiger partial charge in [-0.25, -0.2) is 4.98 Å². The highest BCUT2D eigenvalue weighted by Crippen LogP contribution is 2.31. The Labute approximate surface area is 153 Å². The number of benzene rings is 2. The van der Waals surface area contributed by atoms with Crippen molar-refractivity contribution in [3.8, 4) is 10.4 Å². The first-order chi connectivity index (χ1) is 12.1. The van der Waals surface area contributed by atoms with Crippen LogP contribution in [-0.4, -0.2) is 28.9 Å². The molecule has 0 saturated carbocycles. The van der Waals surface area contributed by atoms with Crippen molar-refractivity contribution in [1.29, 1.82) is 0 Å². The Morgan fingerprint density at radius 1 is 1.08 bits per heavy atom. The molecule has 3 aromatic rings. The Kier molecular flexibility index (Phi) is 5.29. The van der Waals surface area contributed by atoms with E-state index in [-0.39, 0.29) is 11.9 Å². The molecule has 0 aliphatic carbocycles. The zero-order valence-corrected chi connectivity index (χ0v) is 15.6. The molecule has 1 aromatic heterocycles. The molecule has 0 spiro atoms. The standard InChI is InChI=1S/C21H22N2OS/c1-15(14-17-10-6-4-7-11-17)23(3)21(24)19-20(25-16(2)22-19)18-12-8-5-9-13-18/h4-13,15H,14H2,1-3H3/t15-/m0/s1. The van der Waals surface area contributed by atoms with E-state index in [0.29, 0.717) is 5.69 Å². The summed E-state index contributed by atoms with van der Waals surface area (Å²) in [7, 11) is 1.86. The molecular formula is C21H22N2OS. The number of thiazole rings is 1. The summed E-state index contributed by atoms with van der Waals surface area (Å²) in [6.45, 7) is 4.02. The van der Waals surface area contributed by atoms with Crippen molar-refractivity contribution in [1.82, 2.24) is 9.88 Å². The molecule has 0 aliphatic heterocycles. The van der Waals surface area contributed by atoms with Gasteiger partial charge >= 0.3 is 0 Å². The van der Waals surface area contributed by atoms with Crippen LogP contribution in [-0.2, 0) is 6.42 Å². The van der Waals surface area contributed by atoms with Crippen molar-refractivity contribution >= 4 is 17.2 Å². The number of amides is 1. The van der Waals surface area contributed by atoms with Crippen LogP contribution in [0, 0.1) is 6.92 Å². The van der Waals surface area contributed by atoms with E-state index in [1.807, 2.05) is 62.5 Å². The molecule has 0 aliphatic rings. The van der Waals surface area contributed by atoms with E-state index in [1.165, 1.54) is 5.56 Å². The minimum absolute atomic E-state index is 0.0216. The van der Waals surface area contributed by atoms with Gasteiger partial charge in [-0.05, 0) is 31.4 Å². The maximum atomic E-state index is 13.1. The van der Waals surface area contributed by atoms with E-state index in [0.717, 1.165) is 21.9 Å². The SMILES string of the molecule is Cc1nc(C(=O)N(C)[C@@H](C)Cc2ccccc2)c(-c2ccccc2)s1. The molecular weight excluding hydrogens is 328 g/mol. The minimum atomic E-state index is -0.0216. The number of hydrogen-bond acceptors (Lipinski definition) is 3. The fourth-order valence-electron chi connectivity index (χ4n) is 2.82.